The van der Waals surface area contributed by atoms with Gasteiger partial charge in [0.05, 0.1) is 4.92 Å². The summed E-state index contributed by atoms with van der Waals surface area (Å²) in [5.41, 5.74) is 0.620. The molecule has 1 saturated heterocycles. The van der Waals surface area contributed by atoms with E-state index in [1.54, 1.807) is 51.1 Å². The summed E-state index contributed by atoms with van der Waals surface area (Å²) in [5.74, 6) is -1.24. The van der Waals surface area contributed by atoms with Crippen LogP contribution in [0, 0.1) is 24.0 Å². The lowest BCUT2D eigenvalue weighted by Gasteiger charge is -2.25. The Balaban J connectivity index is 1.83. The molecule has 1 aliphatic rings. The highest BCUT2D eigenvalue weighted by molar-refractivity contribution is 6.10. The number of nitrogens with zero attached hydrogens (tertiary/aromatic N) is 2. The van der Waals surface area contributed by atoms with Crippen LogP contribution in [0.25, 0.3) is 0 Å². The molecule has 4 amide bonds. The SMILES string of the molecule is CC[C@@]1(c2ccccc2)NC(=O)N(CC(=O)Nc2cc(C)c(C)cc2[N+](=O)[O-])C1=O. The zero-order valence-corrected chi connectivity index (χ0v) is 16.9. The molecule has 0 radical (unpaired) electrons. The number of nitro groups is 1. The van der Waals surface area contributed by atoms with Crippen molar-refractivity contribution in [3.63, 3.8) is 0 Å². The average Bonchev–Trinajstić information content (AvgIpc) is 2.96. The van der Waals surface area contributed by atoms with Crippen molar-refractivity contribution in [2.45, 2.75) is 32.7 Å². The summed E-state index contributed by atoms with van der Waals surface area (Å²) in [5, 5.41) is 16.5. The Kier molecular flexibility index (Phi) is 5.55. The molecule has 0 aliphatic carbocycles. The second kappa shape index (κ2) is 7.94. The van der Waals surface area contributed by atoms with Gasteiger partial charge >= 0.3 is 6.03 Å². The summed E-state index contributed by atoms with van der Waals surface area (Å²) in [6, 6.07) is 11.0. The minimum Gasteiger partial charge on any atom is -0.319 e. The van der Waals surface area contributed by atoms with Gasteiger partial charge in [0, 0.05) is 6.07 Å². The van der Waals surface area contributed by atoms with Crippen LogP contribution in [0.15, 0.2) is 42.5 Å². The molecule has 0 bridgehead atoms. The molecule has 30 heavy (non-hydrogen) atoms. The van der Waals surface area contributed by atoms with Crippen molar-refractivity contribution in [3.05, 3.63) is 69.3 Å². The monoisotopic (exact) mass is 410 g/mol. The van der Waals surface area contributed by atoms with Crippen molar-refractivity contribution in [3.8, 4) is 0 Å². The van der Waals surface area contributed by atoms with Gasteiger partial charge in [0.1, 0.15) is 17.8 Å². The third-order valence-corrected chi connectivity index (χ3v) is 5.36. The Morgan fingerprint density at radius 1 is 1.17 bits per heavy atom. The fourth-order valence-corrected chi connectivity index (χ4v) is 3.52. The third-order valence-electron chi connectivity index (χ3n) is 5.36. The van der Waals surface area contributed by atoms with Gasteiger partial charge in [0.15, 0.2) is 0 Å². The van der Waals surface area contributed by atoms with Gasteiger partial charge in [-0.1, -0.05) is 37.3 Å². The minimum atomic E-state index is -1.24. The molecule has 0 spiro atoms. The lowest BCUT2D eigenvalue weighted by atomic mass is 9.87. The van der Waals surface area contributed by atoms with Gasteiger partial charge in [-0.15, -0.1) is 0 Å². The molecule has 2 aromatic rings. The Labute approximate surface area is 173 Å². The zero-order chi connectivity index (χ0) is 22.1. The number of carbonyl (C=O) groups excluding carboxylic acids is 3. The van der Waals surface area contributed by atoms with Crippen molar-refractivity contribution in [1.82, 2.24) is 10.2 Å². The number of amides is 4. The first-order chi connectivity index (χ1) is 14.2. The molecule has 9 nitrogen and oxygen atoms in total. The Morgan fingerprint density at radius 3 is 2.40 bits per heavy atom. The first-order valence-electron chi connectivity index (χ1n) is 9.44. The maximum absolute atomic E-state index is 13.1. The topological polar surface area (TPSA) is 122 Å². The number of benzene rings is 2. The first-order valence-corrected chi connectivity index (χ1v) is 9.44. The minimum absolute atomic E-state index is 0.0185. The number of nitrogens with one attached hydrogen (secondary N) is 2. The van der Waals surface area contributed by atoms with Crippen molar-refractivity contribution in [2.75, 3.05) is 11.9 Å². The fourth-order valence-electron chi connectivity index (χ4n) is 3.52. The van der Waals surface area contributed by atoms with E-state index in [0.29, 0.717) is 17.5 Å². The number of rotatable bonds is 6. The molecular formula is C21H22N4O5. The van der Waals surface area contributed by atoms with E-state index in [2.05, 4.69) is 10.6 Å². The van der Waals surface area contributed by atoms with E-state index in [9.17, 15) is 24.5 Å². The summed E-state index contributed by atoms with van der Waals surface area (Å²) in [6.45, 7) is 4.72. The van der Waals surface area contributed by atoms with E-state index in [1.165, 1.54) is 12.1 Å². The van der Waals surface area contributed by atoms with E-state index in [4.69, 9.17) is 0 Å². The quantitative estimate of drug-likeness (QED) is 0.431. The van der Waals surface area contributed by atoms with Crippen molar-refractivity contribution in [1.29, 1.82) is 0 Å². The van der Waals surface area contributed by atoms with E-state index in [-0.39, 0.29) is 11.4 Å². The van der Waals surface area contributed by atoms with Crippen LogP contribution in [-0.4, -0.2) is 34.2 Å². The van der Waals surface area contributed by atoms with Gasteiger partial charge < -0.3 is 10.6 Å². The van der Waals surface area contributed by atoms with Crippen LogP contribution in [-0.2, 0) is 15.1 Å². The average molecular weight is 410 g/mol. The maximum atomic E-state index is 13.1. The smallest absolute Gasteiger partial charge is 0.319 e. The van der Waals surface area contributed by atoms with E-state index in [1.807, 2.05) is 0 Å². The van der Waals surface area contributed by atoms with E-state index in [0.717, 1.165) is 10.5 Å². The highest BCUT2D eigenvalue weighted by Gasteiger charge is 2.51. The fraction of sp³-hybridized carbons (Fsp3) is 0.286. The van der Waals surface area contributed by atoms with Gasteiger partial charge in [0.25, 0.3) is 11.6 Å². The summed E-state index contributed by atoms with van der Waals surface area (Å²) >= 11 is 0. The van der Waals surface area contributed by atoms with Crippen LogP contribution in [0.2, 0.25) is 0 Å². The second-order valence-corrected chi connectivity index (χ2v) is 7.21. The van der Waals surface area contributed by atoms with Gasteiger partial charge in [-0.25, -0.2) is 4.79 Å². The summed E-state index contributed by atoms with van der Waals surface area (Å²) < 4.78 is 0. The molecule has 2 aromatic carbocycles. The highest BCUT2D eigenvalue weighted by atomic mass is 16.6. The number of hydrogen-bond acceptors (Lipinski definition) is 5. The van der Waals surface area contributed by atoms with E-state index >= 15 is 0 Å². The van der Waals surface area contributed by atoms with Crippen LogP contribution in [0.5, 0.6) is 0 Å². The van der Waals surface area contributed by atoms with Crippen molar-refractivity contribution in [2.24, 2.45) is 0 Å². The predicted octanol–water partition coefficient (Wildman–Crippen LogP) is 3.01. The van der Waals surface area contributed by atoms with Gasteiger partial charge in [-0.05, 0) is 43.0 Å². The molecular weight excluding hydrogens is 388 g/mol. The molecule has 1 atom stereocenters. The van der Waals surface area contributed by atoms with Crippen LogP contribution in [0.1, 0.15) is 30.0 Å². The van der Waals surface area contributed by atoms with Crippen LogP contribution in [0.3, 0.4) is 0 Å². The molecule has 9 heteroatoms. The van der Waals surface area contributed by atoms with Crippen LogP contribution < -0.4 is 10.6 Å². The number of carbonyl (C=O) groups is 3. The normalized spacial score (nSPS) is 18.3. The second-order valence-electron chi connectivity index (χ2n) is 7.21. The third kappa shape index (κ3) is 3.61. The lowest BCUT2D eigenvalue weighted by molar-refractivity contribution is -0.384. The van der Waals surface area contributed by atoms with Gasteiger partial charge in [-0.2, -0.15) is 0 Å². The molecule has 1 aliphatic heterocycles. The number of nitro benzene ring substituents is 1. The van der Waals surface area contributed by atoms with Crippen molar-refractivity contribution < 1.29 is 19.3 Å². The summed E-state index contributed by atoms with van der Waals surface area (Å²) in [7, 11) is 0. The van der Waals surface area contributed by atoms with Gasteiger partial charge in [0.2, 0.25) is 5.91 Å². The number of anilines is 1. The summed E-state index contributed by atoms with van der Waals surface area (Å²) in [6.07, 6.45) is 0.308. The number of imide groups is 1. The predicted molar refractivity (Wildman–Crippen MR) is 110 cm³/mol. The van der Waals surface area contributed by atoms with E-state index < -0.39 is 34.9 Å². The largest absolute Gasteiger partial charge is 0.325 e. The molecule has 1 heterocycles. The number of urea groups is 1. The molecule has 2 N–H and O–H groups in total. The number of aryl methyl sites for hydroxylation is 2. The standard InChI is InChI=1S/C21H22N4O5/c1-4-21(15-8-6-5-7-9-15)19(27)24(20(28)23-21)12-18(26)22-16-10-13(2)14(3)11-17(16)25(29)30/h5-11H,4,12H2,1-3H3,(H,22,26)(H,23,28)/t21-/m0/s1. The molecule has 0 unspecified atom stereocenters. The van der Waals surface area contributed by atoms with Crippen LogP contribution in [0.4, 0.5) is 16.2 Å². The van der Waals surface area contributed by atoms with Crippen molar-refractivity contribution >= 4 is 29.2 Å². The Bertz CT molecular complexity index is 1040. The first kappa shape index (κ1) is 21.0. The Morgan fingerprint density at radius 2 is 1.80 bits per heavy atom. The molecule has 0 aromatic heterocycles. The molecule has 3 rings (SSSR count). The lowest BCUT2D eigenvalue weighted by Crippen LogP contribution is -2.44. The zero-order valence-electron chi connectivity index (χ0n) is 16.9. The molecule has 156 valence electrons. The summed E-state index contributed by atoms with van der Waals surface area (Å²) in [4.78, 5) is 49.7. The van der Waals surface area contributed by atoms with Crippen LogP contribution >= 0.6 is 0 Å². The maximum Gasteiger partial charge on any atom is 0.325 e. The Hall–Kier alpha value is -3.75. The molecule has 0 saturated carbocycles. The number of hydrogen-bond donors (Lipinski definition) is 2. The molecule has 1 fully saturated rings. The highest BCUT2D eigenvalue weighted by Crippen LogP contribution is 2.32. The van der Waals surface area contributed by atoms with Gasteiger partial charge in [-0.3, -0.25) is 24.6 Å².